The fourth-order valence-electron chi connectivity index (χ4n) is 2.44. The molecule has 2 rings (SSSR count). The minimum atomic E-state index is -3.11. The number of halogens is 1. The summed E-state index contributed by atoms with van der Waals surface area (Å²) >= 11 is 3.46. The first-order chi connectivity index (χ1) is 9.38. The summed E-state index contributed by atoms with van der Waals surface area (Å²) in [5.41, 5.74) is 0. The molecule has 20 heavy (non-hydrogen) atoms. The molecule has 0 saturated carbocycles. The molecule has 0 bridgehead atoms. The molecule has 2 heterocycles. The molecule has 112 valence electrons. The lowest BCUT2D eigenvalue weighted by Crippen LogP contribution is -2.41. The van der Waals surface area contributed by atoms with Gasteiger partial charge in [0.25, 0.3) is 0 Å². The van der Waals surface area contributed by atoms with Crippen molar-refractivity contribution in [1.82, 2.24) is 14.3 Å². The fourth-order valence-corrected chi connectivity index (χ4v) is 3.40. The molecule has 0 aliphatic carbocycles. The molecule has 0 spiro atoms. The maximum Gasteiger partial charge on any atom is 0.210 e. The molecule has 1 aromatic rings. The predicted molar refractivity (Wildman–Crippen MR) is 82.1 cm³/mol. The van der Waals surface area contributed by atoms with Gasteiger partial charge in [-0.25, -0.2) is 22.7 Å². The summed E-state index contributed by atoms with van der Waals surface area (Å²) in [6, 6.07) is 0. The molecule has 8 heteroatoms. The normalized spacial score (nSPS) is 20.4. The van der Waals surface area contributed by atoms with E-state index in [1.165, 1.54) is 16.9 Å². The van der Waals surface area contributed by atoms with Gasteiger partial charge >= 0.3 is 0 Å². The number of hydrogen-bond donors (Lipinski definition) is 0. The molecule has 1 aliphatic rings. The Morgan fingerprint density at radius 3 is 2.95 bits per heavy atom. The zero-order chi connectivity index (χ0) is 14.8. The summed E-state index contributed by atoms with van der Waals surface area (Å²) in [5.74, 6) is 1.21. The van der Waals surface area contributed by atoms with Crippen LogP contribution in [0.2, 0.25) is 0 Å². The second-order valence-corrected chi connectivity index (χ2v) is 8.14. The third kappa shape index (κ3) is 3.89. The number of anilines is 1. The smallest absolute Gasteiger partial charge is 0.210 e. The first-order valence-corrected chi connectivity index (χ1v) is 9.14. The van der Waals surface area contributed by atoms with Crippen LogP contribution >= 0.6 is 15.9 Å². The van der Waals surface area contributed by atoms with E-state index in [1.807, 2.05) is 0 Å². The third-order valence-electron chi connectivity index (χ3n) is 3.55. The molecule has 1 fully saturated rings. The van der Waals surface area contributed by atoms with Crippen molar-refractivity contribution >= 4 is 31.8 Å². The predicted octanol–water partition coefficient (Wildman–Crippen LogP) is 1.35. The Balaban J connectivity index is 2.04. The molecule has 0 amide bonds. The number of aromatic nitrogens is 2. The van der Waals surface area contributed by atoms with Gasteiger partial charge in [-0.3, -0.25) is 0 Å². The Bertz CT molecular complexity index is 566. The van der Waals surface area contributed by atoms with Crippen LogP contribution in [0.25, 0.3) is 0 Å². The molecular weight excluding hydrogens is 344 g/mol. The maximum atomic E-state index is 11.5. The van der Waals surface area contributed by atoms with E-state index in [4.69, 9.17) is 0 Å². The van der Waals surface area contributed by atoms with Gasteiger partial charge in [-0.15, -0.1) is 0 Å². The fraction of sp³-hybridized carbons (Fsp3) is 0.667. The van der Waals surface area contributed by atoms with Crippen molar-refractivity contribution in [2.24, 2.45) is 5.92 Å². The van der Waals surface area contributed by atoms with Gasteiger partial charge in [-0.05, 0) is 34.7 Å². The highest BCUT2D eigenvalue weighted by Gasteiger charge is 2.25. The molecule has 0 aromatic carbocycles. The molecule has 1 aromatic heterocycles. The van der Waals surface area contributed by atoms with Crippen molar-refractivity contribution < 1.29 is 8.42 Å². The molecule has 1 aliphatic heterocycles. The summed E-state index contributed by atoms with van der Waals surface area (Å²) in [5, 5.41) is 0. The minimum Gasteiger partial charge on any atom is -0.355 e. The van der Waals surface area contributed by atoms with Crippen LogP contribution in [-0.2, 0) is 10.0 Å². The van der Waals surface area contributed by atoms with Crippen LogP contribution in [0.15, 0.2) is 17.0 Å². The topological polar surface area (TPSA) is 66.4 Å². The highest BCUT2D eigenvalue weighted by Crippen LogP contribution is 2.27. The molecule has 1 atom stereocenters. The Labute approximate surface area is 128 Å². The van der Waals surface area contributed by atoms with Crippen LogP contribution in [0.1, 0.15) is 12.8 Å². The van der Waals surface area contributed by atoms with Crippen LogP contribution in [0.4, 0.5) is 5.82 Å². The lowest BCUT2D eigenvalue weighted by Gasteiger charge is -2.35. The van der Waals surface area contributed by atoms with Crippen LogP contribution in [0.5, 0.6) is 0 Å². The van der Waals surface area contributed by atoms with E-state index in [1.54, 1.807) is 13.2 Å². The highest BCUT2D eigenvalue weighted by molar-refractivity contribution is 9.10. The SMILES string of the molecule is CN(CC1CCCN(c2ncncc2Br)C1)S(C)(=O)=O. The zero-order valence-corrected chi connectivity index (χ0v) is 14.1. The largest absolute Gasteiger partial charge is 0.355 e. The molecule has 1 unspecified atom stereocenters. The second kappa shape index (κ2) is 6.36. The van der Waals surface area contributed by atoms with Crippen LogP contribution in [-0.4, -0.2) is 55.6 Å². The first-order valence-electron chi connectivity index (χ1n) is 6.49. The lowest BCUT2D eigenvalue weighted by atomic mass is 9.98. The van der Waals surface area contributed by atoms with E-state index < -0.39 is 10.0 Å². The van der Waals surface area contributed by atoms with Crippen molar-refractivity contribution in [1.29, 1.82) is 0 Å². The molecular formula is C12H19BrN4O2S. The average Bonchev–Trinajstić information content (AvgIpc) is 2.38. The van der Waals surface area contributed by atoms with Gasteiger partial charge < -0.3 is 4.90 Å². The summed E-state index contributed by atoms with van der Waals surface area (Å²) < 4.78 is 25.3. The molecule has 0 radical (unpaired) electrons. The van der Waals surface area contributed by atoms with E-state index in [0.717, 1.165) is 36.2 Å². The number of piperidine rings is 1. The van der Waals surface area contributed by atoms with Crippen molar-refractivity contribution in [2.45, 2.75) is 12.8 Å². The van der Waals surface area contributed by atoms with E-state index in [9.17, 15) is 8.42 Å². The van der Waals surface area contributed by atoms with Gasteiger partial charge in [-0.2, -0.15) is 0 Å². The van der Waals surface area contributed by atoms with Crippen LogP contribution in [0, 0.1) is 5.92 Å². The average molecular weight is 363 g/mol. The molecule has 0 N–H and O–H groups in total. The van der Waals surface area contributed by atoms with Gasteiger partial charge in [0.15, 0.2) is 0 Å². The number of rotatable bonds is 4. The van der Waals surface area contributed by atoms with Crippen LogP contribution in [0.3, 0.4) is 0 Å². The van der Waals surface area contributed by atoms with Gasteiger partial charge in [-0.1, -0.05) is 0 Å². The Morgan fingerprint density at radius 2 is 2.30 bits per heavy atom. The standard InChI is InChI=1S/C12H19BrN4O2S/c1-16(20(2,18)19)7-10-4-3-5-17(8-10)12-11(13)6-14-9-15-12/h6,9-10H,3-5,7-8H2,1-2H3. The number of nitrogens with zero attached hydrogens (tertiary/aromatic N) is 4. The lowest BCUT2D eigenvalue weighted by molar-refractivity contribution is 0.336. The summed E-state index contributed by atoms with van der Waals surface area (Å²) in [4.78, 5) is 10.5. The van der Waals surface area contributed by atoms with Crippen molar-refractivity contribution in [3.8, 4) is 0 Å². The Morgan fingerprint density at radius 1 is 1.55 bits per heavy atom. The Hall–Kier alpha value is -0.730. The van der Waals surface area contributed by atoms with E-state index >= 15 is 0 Å². The quantitative estimate of drug-likeness (QED) is 0.808. The van der Waals surface area contributed by atoms with Gasteiger partial charge in [0.2, 0.25) is 10.0 Å². The van der Waals surface area contributed by atoms with E-state index in [-0.39, 0.29) is 0 Å². The minimum absolute atomic E-state index is 0.324. The number of sulfonamides is 1. The zero-order valence-electron chi connectivity index (χ0n) is 11.7. The van der Waals surface area contributed by atoms with Gasteiger partial charge in [0.1, 0.15) is 12.1 Å². The highest BCUT2D eigenvalue weighted by atomic mass is 79.9. The monoisotopic (exact) mass is 362 g/mol. The first kappa shape index (κ1) is 15.7. The summed E-state index contributed by atoms with van der Waals surface area (Å²) in [7, 11) is -1.48. The maximum absolute atomic E-state index is 11.5. The molecule has 1 saturated heterocycles. The van der Waals surface area contributed by atoms with Crippen molar-refractivity contribution in [2.75, 3.05) is 37.8 Å². The van der Waals surface area contributed by atoms with E-state index in [0.29, 0.717) is 12.5 Å². The summed E-state index contributed by atoms with van der Waals surface area (Å²) in [6.07, 6.45) is 6.59. The summed E-state index contributed by atoms with van der Waals surface area (Å²) in [6.45, 7) is 2.31. The molecule has 6 nitrogen and oxygen atoms in total. The van der Waals surface area contributed by atoms with Crippen molar-refractivity contribution in [3.05, 3.63) is 17.0 Å². The van der Waals surface area contributed by atoms with Gasteiger partial charge in [0.05, 0.1) is 10.7 Å². The van der Waals surface area contributed by atoms with Crippen molar-refractivity contribution in [3.63, 3.8) is 0 Å². The van der Waals surface area contributed by atoms with E-state index in [2.05, 4.69) is 30.8 Å². The number of hydrogen-bond acceptors (Lipinski definition) is 5. The Kier molecular flexibility index (Phi) is 4.98. The third-order valence-corrected chi connectivity index (χ3v) is 5.39. The second-order valence-electron chi connectivity index (χ2n) is 5.19. The van der Waals surface area contributed by atoms with Gasteiger partial charge in [0, 0.05) is 32.9 Å². The van der Waals surface area contributed by atoms with Crippen LogP contribution < -0.4 is 4.90 Å².